The summed E-state index contributed by atoms with van der Waals surface area (Å²) in [6.07, 6.45) is 0.485. The number of amides is 1. The van der Waals surface area contributed by atoms with Crippen LogP contribution in [0.5, 0.6) is 5.75 Å². The first-order valence-corrected chi connectivity index (χ1v) is 8.79. The van der Waals surface area contributed by atoms with Gasteiger partial charge in [-0.3, -0.25) is 4.79 Å². The molecule has 0 bridgehead atoms. The van der Waals surface area contributed by atoms with E-state index in [4.69, 9.17) is 14.6 Å². The van der Waals surface area contributed by atoms with Gasteiger partial charge in [0.05, 0.1) is 24.1 Å². The second kappa shape index (κ2) is 7.79. The topological polar surface area (TPSA) is 67.8 Å². The molecule has 3 rings (SSSR count). The second-order valence-corrected chi connectivity index (χ2v) is 7.10. The third-order valence-electron chi connectivity index (χ3n) is 3.98. The minimum absolute atomic E-state index is 0.00569. The monoisotopic (exact) mass is 347 g/mol. The summed E-state index contributed by atoms with van der Waals surface area (Å²) in [5.41, 5.74) is 0.833. The number of benzene rings is 1. The molecule has 5 nitrogen and oxygen atoms in total. The van der Waals surface area contributed by atoms with Crippen LogP contribution < -0.4 is 10.1 Å². The number of hydrogen-bond donors (Lipinski definition) is 2. The molecule has 0 aliphatic carbocycles. The van der Waals surface area contributed by atoms with Crippen LogP contribution in [-0.2, 0) is 11.3 Å². The Labute approximate surface area is 145 Å². The molecule has 1 amide bonds. The lowest BCUT2D eigenvalue weighted by molar-refractivity contribution is -0.0134. The largest absolute Gasteiger partial charge is 0.486 e. The van der Waals surface area contributed by atoms with Gasteiger partial charge in [-0.05, 0) is 43.2 Å². The van der Waals surface area contributed by atoms with Crippen molar-refractivity contribution < 1.29 is 19.4 Å². The molecule has 2 unspecified atom stereocenters. The average molecular weight is 347 g/mol. The minimum Gasteiger partial charge on any atom is -0.486 e. The lowest BCUT2D eigenvalue weighted by Gasteiger charge is -2.32. The number of aliphatic hydroxyl groups excluding tert-OH is 1. The van der Waals surface area contributed by atoms with E-state index in [0.717, 1.165) is 16.9 Å². The maximum atomic E-state index is 12.4. The van der Waals surface area contributed by atoms with E-state index in [1.807, 2.05) is 43.3 Å². The van der Waals surface area contributed by atoms with Gasteiger partial charge in [0.2, 0.25) is 0 Å². The van der Waals surface area contributed by atoms with Crippen LogP contribution in [0.4, 0.5) is 0 Å². The number of hydrogen-bond acceptors (Lipinski definition) is 5. The number of nitrogens with one attached hydrogen (secondary N) is 1. The zero-order valence-corrected chi connectivity index (χ0v) is 14.3. The smallest absolute Gasteiger partial charge is 0.261 e. The number of aryl methyl sites for hydroxylation is 1. The number of ether oxygens (including phenoxy) is 2. The fourth-order valence-corrected chi connectivity index (χ4v) is 3.41. The van der Waals surface area contributed by atoms with Gasteiger partial charge in [0.1, 0.15) is 11.9 Å². The molecule has 1 aromatic carbocycles. The number of rotatable bonds is 5. The highest BCUT2D eigenvalue weighted by molar-refractivity contribution is 7.13. The van der Waals surface area contributed by atoms with E-state index in [1.165, 1.54) is 11.3 Å². The van der Waals surface area contributed by atoms with Gasteiger partial charge in [-0.2, -0.15) is 0 Å². The van der Waals surface area contributed by atoms with Crippen LogP contribution in [0, 0.1) is 6.92 Å². The van der Waals surface area contributed by atoms with E-state index in [0.29, 0.717) is 23.8 Å². The van der Waals surface area contributed by atoms with Crippen LogP contribution in [0.15, 0.2) is 36.4 Å². The fourth-order valence-electron chi connectivity index (χ4n) is 2.64. The molecule has 1 fully saturated rings. The van der Waals surface area contributed by atoms with Crippen molar-refractivity contribution in [3.63, 3.8) is 0 Å². The van der Waals surface area contributed by atoms with Gasteiger partial charge in [0.15, 0.2) is 0 Å². The molecule has 24 heavy (non-hydrogen) atoms. The molecule has 2 N–H and O–H groups in total. The van der Waals surface area contributed by atoms with Crippen molar-refractivity contribution in [3.05, 3.63) is 51.7 Å². The summed E-state index contributed by atoms with van der Waals surface area (Å²) >= 11 is 1.49. The molecule has 0 saturated carbocycles. The summed E-state index contributed by atoms with van der Waals surface area (Å²) in [7, 11) is 0. The van der Waals surface area contributed by atoms with Crippen LogP contribution in [0.25, 0.3) is 0 Å². The second-order valence-electron chi connectivity index (χ2n) is 5.81. The van der Waals surface area contributed by atoms with Crippen molar-refractivity contribution in [1.82, 2.24) is 5.32 Å². The molecule has 1 aliphatic heterocycles. The summed E-state index contributed by atoms with van der Waals surface area (Å²) in [5.74, 6) is 0.637. The van der Waals surface area contributed by atoms with Gasteiger partial charge in [-0.15, -0.1) is 11.3 Å². The number of carbonyl (C=O) groups is 1. The maximum Gasteiger partial charge on any atom is 0.261 e. The minimum atomic E-state index is -0.233. The molecule has 0 spiro atoms. The molecule has 1 aliphatic rings. The summed E-state index contributed by atoms with van der Waals surface area (Å²) < 4.78 is 11.5. The maximum absolute atomic E-state index is 12.4. The Bertz CT molecular complexity index is 683. The Kier molecular flexibility index (Phi) is 5.50. The Balaban J connectivity index is 1.65. The first kappa shape index (κ1) is 17.0. The van der Waals surface area contributed by atoms with E-state index in [1.54, 1.807) is 0 Å². The summed E-state index contributed by atoms with van der Waals surface area (Å²) in [5, 5.41) is 12.2. The molecule has 1 aromatic heterocycles. The number of carbonyl (C=O) groups excluding carboxylic acids is 1. The van der Waals surface area contributed by atoms with Crippen molar-refractivity contribution in [2.75, 3.05) is 13.2 Å². The predicted octanol–water partition coefficient (Wildman–Crippen LogP) is 2.52. The van der Waals surface area contributed by atoms with Crippen LogP contribution >= 0.6 is 11.3 Å². The third kappa shape index (κ3) is 4.14. The van der Waals surface area contributed by atoms with Gasteiger partial charge in [0, 0.05) is 11.5 Å². The van der Waals surface area contributed by atoms with Crippen molar-refractivity contribution in [1.29, 1.82) is 0 Å². The van der Waals surface area contributed by atoms with Crippen molar-refractivity contribution >= 4 is 17.2 Å². The first-order valence-electron chi connectivity index (χ1n) is 7.97. The quantitative estimate of drug-likeness (QED) is 0.872. The van der Waals surface area contributed by atoms with Crippen LogP contribution in [0.2, 0.25) is 0 Å². The molecular weight excluding hydrogens is 326 g/mol. The van der Waals surface area contributed by atoms with E-state index >= 15 is 0 Å². The van der Waals surface area contributed by atoms with E-state index in [9.17, 15) is 4.79 Å². The Hall–Kier alpha value is -1.89. The zero-order valence-electron chi connectivity index (χ0n) is 13.5. The van der Waals surface area contributed by atoms with Gasteiger partial charge < -0.3 is 19.9 Å². The number of thiophene rings is 1. The molecule has 6 heteroatoms. The van der Waals surface area contributed by atoms with Crippen molar-refractivity contribution in [3.8, 4) is 5.75 Å². The highest BCUT2D eigenvalue weighted by atomic mass is 32.1. The van der Waals surface area contributed by atoms with E-state index < -0.39 is 0 Å². The molecule has 2 atom stereocenters. The lowest BCUT2D eigenvalue weighted by atomic mass is 10.1. The Morgan fingerprint density at radius 2 is 2.12 bits per heavy atom. The predicted molar refractivity (Wildman–Crippen MR) is 92.5 cm³/mol. The van der Waals surface area contributed by atoms with Gasteiger partial charge >= 0.3 is 0 Å². The van der Waals surface area contributed by atoms with Crippen LogP contribution in [-0.4, -0.2) is 36.4 Å². The van der Waals surface area contributed by atoms with E-state index in [2.05, 4.69) is 5.32 Å². The zero-order chi connectivity index (χ0) is 16.9. The molecule has 0 radical (unpaired) electrons. The van der Waals surface area contributed by atoms with Gasteiger partial charge in [-0.1, -0.05) is 12.1 Å². The lowest BCUT2D eigenvalue weighted by Crippen LogP contribution is -2.51. The molecule has 2 aromatic rings. The molecule has 128 valence electrons. The van der Waals surface area contributed by atoms with Crippen LogP contribution in [0.1, 0.15) is 26.5 Å². The standard InChI is InChI=1S/C18H21NO4S/c1-12-2-7-17(24-12)18(21)19-15-8-9-22-11-16(15)23-14-5-3-13(10-20)4-6-14/h2-7,15-16,20H,8-11H2,1H3,(H,19,21). The van der Waals surface area contributed by atoms with Gasteiger partial charge in [-0.25, -0.2) is 0 Å². The summed E-state index contributed by atoms with van der Waals surface area (Å²) in [6, 6.07) is 11.0. The average Bonchev–Trinajstić information content (AvgIpc) is 3.04. The fraction of sp³-hybridized carbons (Fsp3) is 0.389. The third-order valence-corrected chi connectivity index (χ3v) is 4.98. The highest BCUT2D eigenvalue weighted by Gasteiger charge is 2.29. The highest BCUT2D eigenvalue weighted by Crippen LogP contribution is 2.20. The Morgan fingerprint density at radius 1 is 1.33 bits per heavy atom. The Morgan fingerprint density at radius 3 is 2.79 bits per heavy atom. The first-order chi connectivity index (χ1) is 11.7. The van der Waals surface area contributed by atoms with Crippen LogP contribution in [0.3, 0.4) is 0 Å². The van der Waals surface area contributed by atoms with Gasteiger partial charge in [0.25, 0.3) is 5.91 Å². The summed E-state index contributed by atoms with van der Waals surface area (Å²) in [6.45, 7) is 3.04. The van der Waals surface area contributed by atoms with Crippen molar-refractivity contribution in [2.45, 2.75) is 32.1 Å². The normalized spacial score (nSPS) is 20.6. The van der Waals surface area contributed by atoms with E-state index in [-0.39, 0.29) is 24.7 Å². The SMILES string of the molecule is Cc1ccc(C(=O)NC2CCOCC2Oc2ccc(CO)cc2)s1. The summed E-state index contributed by atoms with van der Waals surface area (Å²) in [4.78, 5) is 14.2. The molecule has 1 saturated heterocycles. The molecule has 2 heterocycles. The van der Waals surface area contributed by atoms with Crippen molar-refractivity contribution in [2.24, 2.45) is 0 Å². The molecular formula is C18H21NO4S. The number of aliphatic hydroxyl groups is 1.